The third-order valence-electron chi connectivity index (χ3n) is 6.05. The molecule has 5 heteroatoms. The second-order valence-corrected chi connectivity index (χ2v) is 7.67. The fraction of sp³-hybridized carbons (Fsp3) is 0.231. The molecule has 0 aromatic heterocycles. The van der Waals surface area contributed by atoms with Crippen molar-refractivity contribution in [3.05, 3.63) is 118 Å². The first-order valence-corrected chi connectivity index (χ1v) is 10.3. The van der Waals surface area contributed by atoms with Gasteiger partial charge in [-0.2, -0.15) is 0 Å². The summed E-state index contributed by atoms with van der Waals surface area (Å²) < 4.78 is 10.9. The molecule has 0 fully saturated rings. The molecule has 0 unspecified atom stereocenters. The predicted molar refractivity (Wildman–Crippen MR) is 121 cm³/mol. The maximum Gasteiger partial charge on any atom is 0.230 e. The number of benzene rings is 3. The van der Waals surface area contributed by atoms with Crippen LogP contribution in [-0.4, -0.2) is 25.2 Å². The van der Waals surface area contributed by atoms with Crippen molar-refractivity contribution < 1.29 is 14.4 Å². The highest BCUT2D eigenvalue weighted by atomic mass is 16.6. The Kier molecular flexibility index (Phi) is 6.03. The molecule has 0 saturated carbocycles. The van der Waals surface area contributed by atoms with Crippen LogP contribution < -0.4 is 9.47 Å². The molecule has 0 bridgehead atoms. The average Bonchev–Trinajstić information content (AvgIpc) is 2.83. The fourth-order valence-electron chi connectivity index (χ4n) is 4.61. The van der Waals surface area contributed by atoms with Gasteiger partial charge in [0, 0.05) is 10.8 Å². The van der Waals surface area contributed by atoms with E-state index in [0.717, 1.165) is 16.7 Å². The van der Waals surface area contributed by atoms with Crippen LogP contribution in [-0.2, 0) is 0 Å². The number of methoxy groups -OCH3 is 2. The molecule has 0 amide bonds. The minimum absolute atomic E-state index is 0.127. The molecule has 0 saturated heterocycles. The summed E-state index contributed by atoms with van der Waals surface area (Å²) >= 11 is 0. The molecule has 0 radical (unpaired) electrons. The predicted octanol–water partition coefficient (Wildman–Crippen LogP) is 5.57. The summed E-state index contributed by atoms with van der Waals surface area (Å²) in [5, 5.41) is 12.5. The lowest BCUT2D eigenvalue weighted by Crippen LogP contribution is -2.38. The molecule has 5 nitrogen and oxygen atoms in total. The van der Waals surface area contributed by atoms with Crippen molar-refractivity contribution in [1.82, 2.24) is 0 Å². The van der Waals surface area contributed by atoms with E-state index < -0.39 is 6.04 Å². The molecular formula is C26H25NO4. The Morgan fingerprint density at radius 1 is 0.710 bits per heavy atom. The van der Waals surface area contributed by atoms with E-state index in [1.54, 1.807) is 14.2 Å². The molecule has 3 aromatic carbocycles. The molecule has 4 atom stereocenters. The number of hydrogen-bond acceptors (Lipinski definition) is 4. The van der Waals surface area contributed by atoms with Crippen LogP contribution in [0.25, 0.3) is 0 Å². The molecule has 0 N–H and O–H groups in total. The smallest absolute Gasteiger partial charge is 0.230 e. The summed E-state index contributed by atoms with van der Waals surface area (Å²) in [6, 6.07) is 24.4. The van der Waals surface area contributed by atoms with Crippen molar-refractivity contribution in [1.29, 1.82) is 0 Å². The van der Waals surface area contributed by atoms with E-state index in [4.69, 9.17) is 9.47 Å². The Hall–Kier alpha value is -3.60. The zero-order valence-corrected chi connectivity index (χ0v) is 17.5. The summed E-state index contributed by atoms with van der Waals surface area (Å²) in [5.41, 5.74) is 2.85. The van der Waals surface area contributed by atoms with Crippen LogP contribution >= 0.6 is 0 Å². The third kappa shape index (κ3) is 4.04. The highest BCUT2D eigenvalue weighted by Crippen LogP contribution is 2.48. The first kappa shape index (κ1) is 20.7. The first-order valence-electron chi connectivity index (χ1n) is 10.3. The van der Waals surface area contributed by atoms with Gasteiger partial charge in [-0.05, 0) is 28.8 Å². The van der Waals surface area contributed by atoms with Gasteiger partial charge in [0.05, 0.1) is 26.1 Å². The molecule has 0 heterocycles. The zero-order valence-electron chi connectivity index (χ0n) is 17.5. The second-order valence-electron chi connectivity index (χ2n) is 7.67. The van der Waals surface area contributed by atoms with Crippen LogP contribution in [0.5, 0.6) is 11.5 Å². The fourth-order valence-corrected chi connectivity index (χ4v) is 4.61. The molecule has 31 heavy (non-hydrogen) atoms. The minimum Gasteiger partial charge on any atom is -0.493 e. The van der Waals surface area contributed by atoms with Gasteiger partial charge in [0.1, 0.15) is 0 Å². The van der Waals surface area contributed by atoms with Gasteiger partial charge in [-0.25, -0.2) is 0 Å². The van der Waals surface area contributed by atoms with Crippen LogP contribution in [0.1, 0.15) is 34.4 Å². The highest BCUT2D eigenvalue weighted by Gasteiger charge is 2.46. The Morgan fingerprint density at radius 2 is 1.26 bits per heavy atom. The maximum absolute atomic E-state index is 12.5. The Labute approximate surface area is 182 Å². The normalized spacial score (nSPS) is 22.6. The lowest BCUT2D eigenvalue weighted by Gasteiger charge is -2.35. The number of nitrogens with zero attached hydrogens (tertiary/aromatic N) is 1. The minimum atomic E-state index is -0.823. The molecule has 3 aromatic rings. The monoisotopic (exact) mass is 415 g/mol. The van der Waals surface area contributed by atoms with E-state index in [9.17, 15) is 10.1 Å². The van der Waals surface area contributed by atoms with Gasteiger partial charge < -0.3 is 9.47 Å². The lowest BCUT2D eigenvalue weighted by molar-refractivity contribution is -0.530. The number of hydrogen-bond donors (Lipinski definition) is 0. The number of rotatable bonds is 6. The standard InChI is InChI=1S/C26H25NO4/c1-30-23-16-13-20(17-24(23)31-2)25-21(18-9-5-3-6-10-18)14-15-22(26(25)27(28)29)19-11-7-4-8-12-19/h3-17,21-22,25-26H,1-2H3/t21-,22+,25-,26-/m0/s1. The largest absolute Gasteiger partial charge is 0.493 e. The van der Waals surface area contributed by atoms with Crippen molar-refractivity contribution >= 4 is 0 Å². The van der Waals surface area contributed by atoms with E-state index >= 15 is 0 Å². The summed E-state index contributed by atoms with van der Waals surface area (Å²) in [5.74, 6) is 0.349. The van der Waals surface area contributed by atoms with Crippen LogP contribution in [0, 0.1) is 10.1 Å². The van der Waals surface area contributed by atoms with Crippen molar-refractivity contribution in [2.45, 2.75) is 23.8 Å². The molecule has 0 spiro atoms. The second kappa shape index (κ2) is 9.04. The molecular weight excluding hydrogens is 390 g/mol. The summed E-state index contributed by atoms with van der Waals surface area (Å²) in [6.07, 6.45) is 4.12. The Bertz CT molecular complexity index is 1070. The average molecular weight is 415 g/mol. The van der Waals surface area contributed by atoms with Crippen LogP contribution in [0.2, 0.25) is 0 Å². The van der Waals surface area contributed by atoms with Gasteiger partial charge in [0.2, 0.25) is 6.04 Å². The van der Waals surface area contributed by atoms with Crippen LogP contribution in [0.15, 0.2) is 91.0 Å². The quantitative estimate of drug-likeness (QED) is 0.300. The van der Waals surface area contributed by atoms with E-state index in [1.165, 1.54) is 0 Å². The van der Waals surface area contributed by atoms with Crippen molar-refractivity contribution in [2.24, 2.45) is 0 Å². The molecule has 1 aliphatic rings. The first-order chi connectivity index (χ1) is 15.1. The molecule has 4 rings (SSSR count). The van der Waals surface area contributed by atoms with Gasteiger partial charge in [-0.3, -0.25) is 10.1 Å². The third-order valence-corrected chi connectivity index (χ3v) is 6.05. The lowest BCUT2D eigenvalue weighted by atomic mass is 9.68. The van der Waals surface area contributed by atoms with Crippen molar-refractivity contribution in [3.8, 4) is 11.5 Å². The van der Waals surface area contributed by atoms with E-state index in [0.29, 0.717) is 11.5 Å². The SMILES string of the molecule is COc1ccc([C@@H]2[C@@H]([N+](=O)[O-])[C@@H](c3ccccc3)C=C[C@H]2c2ccccc2)cc1OC. The van der Waals surface area contributed by atoms with Crippen molar-refractivity contribution in [3.63, 3.8) is 0 Å². The number of ether oxygens (including phenoxy) is 2. The summed E-state index contributed by atoms with van der Waals surface area (Å²) in [7, 11) is 3.16. The van der Waals surface area contributed by atoms with E-state index in [-0.39, 0.29) is 22.7 Å². The number of nitro groups is 1. The summed E-state index contributed by atoms with van der Waals surface area (Å²) in [4.78, 5) is 12.4. The number of allylic oxidation sites excluding steroid dienone is 1. The topological polar surface area (TPSA) is 61.6 Å². The van der Waals surface area contributed by atoms with Gasteiger partial charge in [-0.15, -0.1) is 0 Å². The summed E-state index contributed by atoms with van der Waals surface area (Å²) in [6.45, 7) is 0. The van der Waals surface area contributed by atoms with Gasteiger partial charge in [0.15, 0.2) is 11.5 Å². The van der Waals surface area contributed by atoms with Gasteiger partial charge >= 0.3 is 0 Å². The van der Waals surface area contributed by atoms with E-state index in [1.807, 2.05) is 84.9 Å². The van der Waals surface area contributed by atoms with Crippen LogP contribution in [0.3, 0.4) is 0 Å². The van der Waals surface area contributed by atoms with Crippen LogP contribution in [0.4, 0.5) is 0 Å². The Morgan fingerprint density at radius 3 is 1.81 bits per heavy atom. The van der Waals surface area contributed by atoms with E-state index in [2.05, 4.69) is 6.08 Å². The highest BCUT2D eigenvalue weighted by molar-refractivity contribution is 5.47. The Balaban J connectivity index is 1.89. The maximum atomic E-state index is 12.5. The van der Waals surface area contributed by atoms with Gasteiger partial charge in [-0.1, -0.05) is 78.9 Å². The van der Waals surface area contributed by atoms with Crippen molar-refractivity contribution in [2.75, 3.05) is 14.2 Å². The van der Waals surface area contributed by atoms with Gasteiger partial charge in [0.25, 0.3) is 0 Å². The zero-order chi connectivity index (χ0) is 21.8. The molecule has 1 aliphatic carbocycles. The molecule has 0 aliphatic heterocycles. The molecule has 158 valence electrons.